The fourth-order valence-electron chi connectivity index (χ4n) is 3.70. The van der Waals surface area contributed by atoms with Gasteiger partial charge in [-0.1, -0.05) is 6.07 Å². The van der Waals surface area contributed by atoms with E-state index >= 15 is 0 Å². The van der Waals surface area contributed by atoms with Crippen LogP contribution in [0.1, 0.15) is 47.5 Å². The lowest BCUT2D eigenvalue weighted by Crippen LogP contribution is -2.33. The molecule has 0 radical (unpaired) electrons. The molecule has 0 atom stereocenters. The monoisotopic (exact) mass is 460 g/mol. The lowest BCUT2D eigenvalue weighted by molar-refractivity contribution is 0.0523. The van der Waals surface area contributed by atoms with E-state index in [0.29, 0.717) is 22.6 Å². The number of aromatic nitrogens is 3. The number of hydrogen-bond donors (Lipinski definition) is 0. The number of fused-ring (bicyclic) bond motifs is 2. The van der Waals surface area contributed by atoms with Gasteiger partial charge in [0, 0.05) is 17.8 Å². The van der Waals surface area contributed by atoms with Crippen molar-refractivity contribution in [2.45, 2.75) is 26.8 Å². The maximum absolute atomic E-state index is 13.3. The van der Waals surface area contributed by atoms with Crippen LogP contribution < -0.4 is 15.8 Å². The van der Waals surface area contributed by atoms with Gasteiger partial charge in [-0.05, 0) is 63.2 Å². The Morgan fingerprint density at radius 3 is 2.50 bits per heavy atom. The quantitative estimate of drug-likeness (QED) is 0.335. The zero-order valence-electron chi connectivity index (χ0n) is 19.3. The van der Waals surface area contributed by atoms with Crippen molar-refractivity contribution in [3.8, 4) is 5.75 Å². The van der Waals surface area contributed by atoms with E-state index in [0.717, 1.165) is 0 Å². The molecule has 174 valence electrons. The van der Waals surface area contributed by atoms with Gasteiger partial charge in [0.15, 0.2) is 5.49 Å². The second-order valence-corrected chi connectivity index (χ2v) is 7.79. The molecule has 9 heteroatoms. The normalized spacial score (nSPS) is 11.9. The lowest BCUT2D eigenvalue weighted by atomic mass is 10.1. The van der Waals surface area contributed by atoms with Crippen LogP contribution in [-0.4, -0.2) is 39.5 Å². The fourth-order valence-corrected chi connectivity index (χ4v) is 3.70. The Morgan fingerprint density at radius 2 is 1.85 bits per heavy atom. The summed E-state index contributed by atoms with van der Waals surface area (Å²) < 4.78 is 13.4. The summed E-state index contributed by atoms with van der Waals surface area (Å²) in [5.41, 5.74) is 0.825. The van der Waals surface area contributed by atoms with Crippen LogP contribution in [-0.2, 0) is 4.74 Å². The highest BCUT2D eigenvalue weighted by Crippen LogP contribution is 2.16. The number of amides is 1. The molecular formula is C25H24N4O5. The zero-order chi connectivity index (χ0) is 24.4. The van der Waals surface area contributed by atoms with Gasteiger partial charge in [-0.2, -0.15) is 4.99 Å². The number of pyridine rings is 2. The number of methoxy groups -OCH3 is 1. The summed E-state index contributed by atoms with van der Waals surface area (Å²) in [7, 11) is 1.53. The zero-order valence-corrected chi connectivity index (χ0v) is 19.3. The third-order valence-electron chi connectivity index (χ3n) is 5.29. The average molecular weight is 460 g/mol. The third-order valence-corrected chi connectivity index (χ3v) is 5.29. The summed E-state index contributed by atoms with van der Waals surface area (Å²) in [4.78, 5) is 48.2. The standard InChI is InChI=1S/C25H24N4O5/c1-5-34-25(32)19-14-18-21(26-20-8-6-7-13-28(20)24(18)31)29(15(2)3)22(19)27-23(30)16-9-11-17(33-4)12-10-16/h6-15H,5H2,1-4H3. The first-order valence-electron chi connectivity index (χ1n) is 10.8. The molecule has 0 fully saturated rings. The molecule has 0 unspecified atom stereocenters. The first-order chi connectivity index (χ1) is 16.3. The molecule has 34 heavy (non-hydrogen) atoms. The van der Waals surface area contributed by atoms with Crippen molar-refractivity contribution in [1.29, 1.82) is 0 Å². The minimum absolute atomic E-state index is 0.0136. The second kappa shape index (κ2) is 9.30. The van der Waals surface area contributed by atoms with E-state index in [-0.39, 0.29) is 34.6 Å². The number of rotatable bonds is 5. The van der Waals surface area contributed by atoms with Crippen LogP contribution in [0.3, 0.4) is 0 Å². The van der Waals surface area contributed by atoms with Crippen molar-refractivity contribution in [3.05, 3.63) is 81.7 Å². The number of ether oxygens (including phenoxy) is 2. The predicted molar refractivity (Wildman–Crippen MR) is 126 cm³/mol. The van der Waals surface area contributed by atoms with Gasteiger partial charge in [-0.25, -0.2) is 9.78 Å². The summed E-state index contributed by atoms with van der Waals surface area (Å²) in [6, 6.07) is 12.8. The third kappa shape index (κ3) is 4.07. The van der Waals surface area contributed by atoms with Crippen LogP contribution in [0.25, 0.3) is 16.7 Å². The maximum Gasteiger partial charge on any atom is 0.341 e. The van der Waals surface area contributed by atoms with Crippen LogP contribution in [0, 0.1) is 0 Å². The summed E-state index contributed by atoms with van der Waals surface area (Å²) in [5, 5.41) is 0.219. The molecular weight excluding hydrogens is 436 g/mol. The Balaban J connectivity index is 2.09. The van der Waals surface area contributed by atoms with E-state index in [1.165, 1.54) is 17.6 Å². The lowest BCUT2D eigenvalue weighted by Gasteiger charge is -2.17. The number of nitrogens with zero attached hydrogens (tertiary/aromatic N) is 4. The van der Waals surface area contributed by atoms with Gasteiger partial charge in [-0.15, -0.1) is 0 Å². The first-order valence-corrected chi connectivity index (χ1v) is 10.8. The van der Waals surface area contributed by atoms with E-state index < -0.39 is 11.9 Å². The Hall–Kier alpha value is -4.27. The van der Waals surface area contributed by atoms with Gasteiger partial charge in [-0.3, -0.25) is 14.0 Å². The second-order valence-electron chi connectivity index (χ2n) is 7.79. The van der Waals surface area contributed by atoms with Crippen LogP contribution in [0.5, 0.6) is 5.75 Å². The predicted octanol–water partition coefficient (Wildman–Crippen LogP) is 3.16. The van der Waals surface area contributed by atoms with Gasteiger partial charge >= 0.3 is 5.97 Å². The minimum atomic E-state index is -0.683. The molecule has 4 aromatic rings. The molecule has 0 spiro atoms. The summed E-state index contributed by atoms with van der Waals surface area (Å²) >= 11 is 0. The topological polar surface area (TPSA) is 104 Å². The van der Waals surface area contributed by atoms with Crippen molar-refractivity contribution in [2.75, 3.05) is 13.7 Å². The van der Waals surface area contributed by atoms with Gasteiger partial charge in [0.25, 0.3) is 11.5 Å². The van der Waals surface area contributed by atoms with Crippen LogP contribution in [0.4, 0.5) is 0 Å². The maximum atomic E-state index is 13.3. The van der Waals surface area contributed by atoms with Gasteiger partial charge in [0.05, 0.1) is 19.1 Å². The molecule has 0 saturated carbocycles. The van der Waals surface area contributed by atoms with Crippen molar-refractivity contribution < 1.29 is 19.1 Å². The van der Waals surface area contributed by atoms with Crippen LogP contribution >= 0.6 is 0 Å². The average Bonchev–Trinajstić information content (AvgIpc) is 2.83. The molecule has 0 aliphatic heterocycles. The number of hydrogen-bond acceptors (Lipinski definition) is 6. The molecule has 0 bridgehead atoms. The smallest absolute Gasteiger partial charge is 0.341 e. The van der Waals surface area contributed by atoms with Crippen molar-refractivity contribution in [2.24, 2.45) is 4.99 Å². The van der Waals surface area contributed by atoms with Gasteiger partial charge < -0.3 is 14.0 Å². The number of esters is 1. The molecule has 0 saturated heterocycles. The number of carbonyl (C=O) groups excluding carboxylic acids is 2. The van der Waals surface area contributed by atoms with E-state index in [9.17, 15) is 14.4 Å². The Bertz CT molecular complexity index is 1530. The highest BCUT2D eigenvalue weighted by Gasteiger charge is 2.21. The highest BCUT2D eigenvalue weighted by atomic mass is 16.5. The van der Waals surface area contributed by atoms with E-state index in [1.54, 1.807) is 60.2 Å². The largest absolute Gasteiger partial charge is 0.497 e. The molecule has 1 aromatic carbocycles. The molecule has 3 heterocycles. The summed E-state index contributed by atoms with van der Waals surface area (Å²) in [6.07, 6.45) is 1.61. The fraction of sp³-hybridized carbons (Fsp3) is 0.240. The van der Waals surface area contributed by atoms with E-state index in [1.807, 2.05) is 13.8 Å². The number of benzene rings is 1. The van der Waals surface area contributed by atoms with Gasteiger partial charge in [0.2, 0.25) is 0 Å². The summed E-state index contributed by atoms with van der Waals surface area (Å²) in [6.45, 7) is 5.53. The van der Waals surface area contributed by atoms with E-state index in [2.05, 4.69) is 9.98 Å². The van der Waals surface area contributed by atoms with Crippen LogP contribution in [0.15, 0.2) is 64.5 Å². The van der Waals surface area contributed by atoms with Crippen molar-refractivity contribution in [1.82, 2.24) is 14.0 Å². The Kier molecular flexibility index (Phi) is 6.27. The molecule has 4 rings (SSSR count). The molecule has 1 amide bonds. The Labute approximate surface area is 194 Å². The molecule has 9 nitrogen and oxygen atoms in total. The SMILES string of the molecule is CCOC(=O)c1cc2c(=O)n3ccccc3nc2n(C(C)C)c1=NC(=O)c1ccc(OC)cc1. The Morgan fingerprint density at radius 1 is 1.12 bits per heavy atom. The highest BCUT2D eigenvalue weighted by molar-refractivity contribution is 5.97. The molecule has 0 aliphatic rings. The molecule has 3 aromatic heterocycles. The van der Waals surface area contributed by atoms with Crippen LogP contribution in [0.2, 0.25) is 0 Å². The first kappa shape index (κ1) is 22.9. The minimum Gasteiger partial charge on any atom is -0.497 e. The summed E-state index contributed by atoms with van der Waals surface area (Å²) in [5.74, 6) is -0.639. The van der Waals surface area contributed by atoms with E-state index in [4.69, 9.17) is 9.47 Å². The van der Waals surface area contributed by atoms with Gasteiger partial charge in [0.1, 0.15) is 22.6 Å². The van der Waals surface area contributed by atoms with Crippen molar-refractivity contribution in [3.63, 3.8) is 0 Å². The molecule has 0 aliphatic carbocycles. The molecule has 0 N–H and O–H groups in total. The number of carbonyl (C=O) groups is 2. The van der Waals surface area contributed by atoms with Crippen molar-refractivity contribution >= 4 is 28.6 Å².